The lowest BCUT2D eigenvalue weighted by molar-refractivity contribution is 0.316. The first kappa shape index (κ1) is 12.7. The molecule has 0 heterocycles. The van der Waals surface area contributed by atoms with Crippen molar-refractivity contribution in [3.8, 4) is 0 Å². The smallest absolute Gasteiger partial charge is 0.0827 e. The Morgan fingerprint density at radius 1 is 1.11 bits per heavy atom. The van der Waals surface area contributed by atoms with E-state index in [9.17, 15) is 0 Å². The monoisotopic (exact) mass is 244 g/mol. The maximum absolute atomic E-state index is 9.00. The van der Waals surface area contributed by atoms with E-state index in [0.717, 1.165) is 25.0 Å². The summed E-state index contributed by atoms with van der Waals surface area (Å²) in [5.41, 5.74) is 4.37. The minimum absolute atomic E-state index is 0.845. The molecular weight excluding hydrogens is 224 g/mol. The fourth-order valence-electron chi connectivity index (χ4n) is 2.25. The Bertz CT molecular complexity index is 458. The number of allylic oxidation sites excluding steroid dienone is 1. The average Bonchev–Trinajstić information content (AvgIpc) is 2.40. The predicted octanol–water partition coefficient (Wildman–Crippen LogP) is 3.54. The van der Waals surface area contributed by atoms with Crippen LogP contribution in [0, 0.1) is 0 Å². The standard InChI is InChI=1S/C15H20N2O/c1-17(2)14-9-7-12(8-10-14)11-13-5-3-4-6-15(13)16-18/h7-11,18H,3-6H2,1-2H3/b13-11-,16-15-. The van der Waals surface area contributed by atoms with Crippen molar-refractivity contribution in [1.82, 2.24) is 0 Å². The molecule has 18 heavy (non-hydrogen) atoms. The first-order valence-electron chi connectivity index (χ1n) is 6.40. The molecule has 0 spiro atoms. The van der Waals surface area contributed by atoms with Gasteiger partial charge in [0, 0.05) is 19.8 Å². The molecule has 0 atom stereocenters. The molecule has 2 rings (SSSR count). The van der Waals surface area contributed by atoms with Gasteiger partial charge >= 0.3 is 0 Å². The number of oxime groups is 1. The van der Waals surface area contributed by atoms with E-state index in [4.69, 9.17) is 5.21 Å². The van der Waals surface area contributed by atoms with Gasteiger partial charge in [0.1, 0.15) is 0 Å². The molecule has 0 aromatic heterocycles. The van der Waals surface area contributed by atoms with Gasteiger partial charge in [-0.05, 0) is 55.0 Å². The Kier molecular flexibility index (Phi) is 4.03. The lowest BCUT2D eigenvalue weighted by Crippen LogP contribution is -2.09. The Labute approximate surface area is 108 Å². The zero-order chi connectivity index (χ0) is 13.0. The van der Waals surface area contributed by atoms with Crippen LogP contribution in [0.3, 0.4) is 0 Å². The van der Waals surface area contributed by atoms with Gasteiger partial charge < -0.3 is 10.1 Å². The van der Waals surface area contributed by atoms with Gasteiger partial charge in [-0.15, -0.1) is 0 Å². The molecule has 1 N–H and O–H groups in total. The topological polar surface area (TPSA) is 35.8 Å². The quantitative estimate of drug-likeness (QED) is 0.638. The number of rotatable bonds is 2. The number of nitrogens with zero attached hydrogens (tertiary/aromatic N) is 2. The van der Waals surface area contributed by atoms with Gasteiger partial charge in [0.25, 0.3) is 0 Å². The minimum Gasteiger partial charge on any atom is -0.411 e. The van der Waals surface area contributed by atoms with Crippen molar-refractivity contribution in [3.63, 3.8) is 0 Å². The van der Waals surface area contributed by atoms with Crippen molar-refractivity contribution < 1.29 is 5.21 Å². The highest BCUT2D eigenvalue weighted by Crippen LogP contribution is 2.24. The second kappa shape index (κ2) is 5.71. The van der Waals surface area contributed by atoms with E-state index < -0.39 is 0 Å². The van der Waals surface area contributed by atoms with Crippen LogP contribution in [0.25, 0.3) is 6.08 Å². The molecule has 3 nitrogen and oxygen atoms in total. The van der Waals surface area contributed by atoms with Crippen LogP contribution in [-0.2, 0) is 0 Å². The van der Waals surface area contributed by atoms with Gasteiger partial charge in [-0.3, -0.25) is 0 Å². The van der Waals surface area contributed by atoms with E-state index in [1.807, 2.05) is 14.1 Å². The molecule has 3 heteroatoms. The van der Waals surface area contributed by atoms with Gasteiger partial charge in [-0.25, -0.2) is 0 Å². The number of hydrogen-bond donors (Lipinski definition) is 1. The summed E-state index contributed by atoms with van der Waals surface area (Å²) in [4.78, 5) is 2.08. The van der Waals surface area contributed by atoms with E-state index in [1.165, 1.54) is 23.2 Å². The summed E-state index contributed by atoms with van der Waals surface area (Å²) in [6.07, 6.45) is 6.33. The molecule has 1 aliphatic rings. The van der Waals surface area contributed by atoms with E-state index in [1.54, 1.807) is 0 Å². The molecule has 0 unspecified atom stereocenters. The van der Waals surface area contributed by atoms with E-state index in [2.05, 4.69) is 40.4 Å². The number of hydrogen-bond acceptors (Lipinski definition) is 3. The molecule has 0 aliphatic heterocycles. The third-order valence-corrected chi connectivity index (χ3v) is 3.35. The van der Waals surface area contributed by atoms with E-state index in [0.29, 0.717) is 0 Å². The Balaban J connectivity index is 2.21. The Morgan fingerprint density at radius 3 is 2.39 bits per heavy atom. The van der Waals surface area contributed by atoms with Crippen LogP contribution < -0.4 is 4.90 Å². The zero-order valence-electron chi connectivity index (χ0n) is 11.1. The Morgan fingerprint density at radius 2 is 1.78 bits per heavy atom. The predicted molar refractivity (Wildman–Crippen MR) is 76.4 cm³/mol. The molecule has 96 valence electrons. The second-order valence-corrected chi connectivity index (χ2v) is 4.91. The summed E-state index contributed by atoms with van der Waals surface area (Å²) in [5, 5.41) is 12.4. The number of benzene rings is 1. The van der Waals surface area contributed by atoms with Crippen LogP contribution in [0.15, 0.2) is 35.0 Å². The summed E-state index contributed by atoms with van der Waals surface area (Å²) in [7, 11) is 4.07. The summed E-state index contributed by atoms with van der Waals surface area (Å²) >= 11 is 0. The van der Waals surface area contributed by atoms with Crippen LogP contribution in [-0.4, -0.2) is 25.0 Å². The van der Waals surface area contributed by atoms with Gasteiger partial charge in [-0.1, -0.05) is 17.3 Å². The summed E-state index contributed by atoms with van der Waals surface area (Å²) in [6.45, 7) is 0. The van der Waals surface area contributed by atoms with Gasteiger partial charge in [-0.2, -0.15) is 0 Å². The fourth-order valence-corrected chi connectivity index (χ4v) is 2.25. The zero-order valence-corrected chi connectivity index (χ0v) is 11.1. The molecule has 1 aromatic carbocycles. The highest BCUT2D eigenvalue weighted by molar-refractivity contribution is 6.03. The van der Waals surface area contributed by atoms with Crippen LogP contribution in [0.4, 0.5) is 5.69 Å². The first-order chi connectivity index (χ1) is 8.70. The molecule has 0 saturated heterocycles. The second-order valence-electron chi connectivity index (χ2n) is 4.91. The number of anilines is 1. The first-order valence-corrected chi connectivity index (χ1v) is 6.40. The van der Waals surface area contributed by atoms with E-state index in [-0.39, 0.29) is 0 Å². The van der Waals surface area contributed by atoms with Crippen molar-refractivity contribution >= 4 is 17.5 Å². The van der Waals surface area contributed by atoms with Crippen LogP contribution >= 0.6 is 0 Å². The summed E-state index contributed by atoms with van der Waals surface area (Å²) in [5.74, 6) is 0. The maximum atomic E-state index is 9.00. The molecule has 1 fully saturated rings. The van der Waals surface area contributed by atoms with Crippen molar-refractivity contribution in [2.24, 2.45) is 5.16 Å². The van der Waals surface area contributed by atoms with Gasteiger partial charge in [0.15, 0.2) is 0 Å². The molecule has 0 bridgehead atoms. The van der Waals surface area contributed by atoms with Crippen LogP contribution in [0.5, 0.6) is 0 Å². The fraction of sp³-hybridized carbons (Fsp3) is 0.400. The lowest BCUT2D eigenvalue weighted by atomic mass is 9.91. The van der Waals surface area contributed by atoms with E-state index >= 15 is 0 Å². The SMILES string of the molecule is CN(C)c1ccc(/C=C2/CCCC/C2=N/O)cc1. The highest BCUT2D eigenvalue weighted by Gasteiger charge is 2.13. The van der Waals surface area contributed by atoms with Gasteiger partial charge in [0.2, 0.25) is 0 Å². The Hall–Kier alpha value is -1.77. The molecule has 1 aromatic rings. The third kappa shape index (κ3) is 2.92. The highest BCUT2D eigenvalue weighted by atomic mass is 16.4. The molecule has 1 aliphatic carbocycles. The van der Waals surface area contributed by atoms with Crippen molar-refractivity contribution in [2.45, 2.75) is 25.7 Å². The van der Waals surface area contributed by atoms with Crippen LogP contribution in [0.2, 0.25) is 0 Å². The van der Waals surface area contributed by atoms with Gasteiger partial charge in [0.05, 0.1) is 5.71 Å². The largest absolute Gasteiger partial charge is 0.411 e. The summed E-state index contributed by atoms with van der Waals surface area (Å²) in [6, 6.07) is 8.41. The van der Waals surface area contributed by atoms with Crippen molar-refractivity contribution in [2.75, 3.05) is 19.0 Å². The molecule has 0 amide bonds. The lowest BCUT2D eigenvalue weighted by Gasteiger charge is -2.16. The molecule has 0 radical (unpaired) electrons. The summed E-state index contributed by atoms with van der Waals surface area (Å²) < 4.78 is 0. The normalized spacial score (nSPS) is 20.3. The minimum atomic E-state index is 0.845. The maximum Gasteiger partial charge on any atom is 0.0827 e. The van der Waals surface area contributed by atoms with Crippen molar-refractivity contribution in [3.05, 3.63) is 35.4 Å². The molecule has 1 saturated carbocycles. The average molecular weight is 244 g/mol. The van der Waals surface area contributed by atoms with Crippen LogP contribution in [0.1, 0.15) is 31.2 Å². The third-order valence-electron chi connectivity index (χ3n) is 3.35. The van der Waals surface area contributed by atoms with Crippen molar-refractivity contribution in [1.29, 1.82) is 0 Å². The molecular formula is C15H20N2O.